The molecule has 6 nitrogen and oxygen atoms in total. The molecule has 1 saturated carbocycles. The molecule has 26 heavy (non-hydrogen) atoms. The summed E-state index contributed by atoms with van der Waals surface area (Å²) in [4.78, 5) is 12.0. The molecule has 1 amide bonds. The van der Waals surface area contributed by atoms with E-state index in [4.69, 9.17) is 0 Å². The minimum atomic E-state index is -4.39. The Morgan fingerprint density at radius 1 is 1.19 bits per heavy atom. The van der Waals surface area contributed by atoms with Crippen molar-refractivity contribution in [1.29, 1.82) is 0 Å². The number of nitrogens with one attached hydrogen (secondary N) is 1. The zero-order valence-electron chi connectivity index (χ0n) is 13.9. The predicted octanol–water partition coefficient (Wildman–Crippen LogP) is 3.93. The van der Waals surface area contributed by atoms with Gasteiger partial charge in [-0.25, -0.2) is 4.68 Å². The monoisotopic (exact) mass is 385 g/mol. The van der Waals surface area contributed by atoms with E-state index in [1.807, 2.05) is 0 Å². The molecule has 1 aromatic heterocycles. The van der Waals surface area contributed by atoms with E-state index < -0.39 is 11.7 Å². The summed E-state index contributed by atoms with van der Waals surface area (Å²) >= 11 is 1.22. The lowest BCUT2D eigenvalue weighted by atomic mass is 9.96. The Morgan fingerprint density at radius 3 is 2.54 bits per heavy atom. The number of aromatic nitrogens is 4. The van der Waals surface area contributed by atoms with E-state index >= 15 is 0 Å². The van der Waals surface area contributed by atoms with Gasteiger partial charge in [0.05, 0.1) is 17.4 Å². The molecular formula is C16H18F3N5OS. The van der Waals surface area contributed by atoms with Crippen molar-refractivity contribution >= 4 is 23.4 Å². The lowest BCUT2D eigenvalue weighted by Crippen LogP contribution is -2.17. The number of rotatable bonds is 5. The van der Waals surface area contributed by atoms with Crippen LogP contribution in [0.4, 0.5) is 18.9 Å². The second kappa shape index (κ2) is 8.07. The van der Waals surface area contributed by atoms with E-state index in [2.05, 4.69) is 20.8 Å². The molecule has 0 aliphatic heterocycles. The summed E-state index contributed by atoms with van der Waals surface area (Å²) in [5, 5.41) is 14.9. The van der Waals surface area contributed by atoms with Crippen molar-refractivity contribution in [3.63, 3.8) is 0 Å². The second-order valence-electron chi connectivity index (χ2n) is 6.11. The maximum atomic E-state index is 12.5. The van der Waals surface area contributed by atoms with Crippen molar-refractivity contribution in [2.24, 2.45) is 0 Å². The number of anilines is 1. The number of tetrazole rings is 1. The highest BCUT2D eigenvalue weighted by Crippen LogP contribution is 2.31. The minimum absolute atomic E-state index is 0.0775. The fourth-order valence-corrected chi connectivity index (χ4v) is 3.65. The zero-order chi connectivity index (χ0) is 18.6. The first-order valence-corrected chi connectivity index (χ1v) is 9.30. The van der Waals surface area contributed by atoms with Crippen molar-refractivity contribution in [3.8, 4) is 0 Å². The number of alkyl halides is 3. The lowest BCUT2D eigenvalue weighted by molar-refractivity contribution is -0.137. The Morgan fingerprint density at radius 2 is 1.88 bits per heavy atom. The smallest absolute Gasteiger partial charge is 0.325 e. The van der Waals surface area contributed by atoms with Crippen molar-refractivity contribution in [3.05, 3.63) is 29.8 Å². The van der Waals surface area contributed by atoms with Crippen LogP contribution in [0.25, 0.3) is 0 Å². The van der Waals surface area contributed by atoms with Gasteiger partial charge < -0.3 is 5.32 Å². The zero-order valence-corrected chi connectivity index (χ0v) is 14.7. The number of benzene rings is 1. The van der Waals surface area contributed by atoms with Gasteiger partial charge >= 0.3 is 6.18 Å². The fourth-order valence-electron chi connectivity index (χ4n) is 2.90. The van der Waals surface area contributed by atoms with Gasteiger partial charge in [0.15, 0.2) is 0 Å². The van der Waals surface area contributed by atoms with Gasteiger partial charge in [0.2, 0.25) is 11.1 Å². The molecule has 1 aromatic carbocycles. The maximum absolute atomic E-state index is 12.5. The normalized spacial score (nSPS) is 15.8. The molecule has 1 aliphatic carbocycles. The van der Waals surface area contributed by atoms with Gasteiger partial charge in [-0.3, -0.25) is 4.79 Å². The summed E-state index contributed by atoms with van der Waals surface area (Å²) in [6.07, 6.45) is 1.16. The van der Waals surface area contributed by atoms with Crippen LogP contribution >= 0.6 is 11.8 Å². The first kappa shape index (κ1) is 18.7. The van der Waals surface area contributed by atoms with E-state index in [1.165, 1.54) is 30.3 Å². The van der Waals surface area contributed by atoms with E-state index in [1.54, 1.807) is 4.68 Å². The molecule has 2 aromatic rings. The summed E-state index contributed by atoms with van der Waals surface area (Å²) < 4.78 is 39.4. The molecule has 1 N–H and O–H groups in total. The predicted molar refractivity (Wildman–Crippen MR) is 90.7 cm³/mol. The quantitative estimate of drug-likeness (QED) is 0.790. The number of hydrogen-bond acceptors (Lipinski definition) is 5. The highest BCUT2D eigenvalue weighted by molar-refractivity contribution is 7.99. The number of nitrogens with zero attached hydrogens (tertiary/aromatic N) is 4. The molecular weight excluding hydrogens is 367 g/mol. The number of carbonyl (C=O) groups excluding carboxylic acids is 1. The van der Waals surface area contributed by atoms with E-state index in [0.717, 1.165) is 37.8 Å². The molecule has 3 rings (SSSR count). The van der Waals surface area contributed by atoms with Crippen molar-refractivity contribution in [2.45, 2.75) is 49.5 Å². The van der Waals surface area contributed by atoms with Crippen LogP contribution in [0.5, 0.6) is 0 Å². The van der Waals surface area contributed by atoms with Gasteiger partial charge in [-0.05, 0) is 47.5 Å². The molecule has 0 unspecified atom stereocenters. The molecule has 0 radical (unpaired) electrons. The Balaban J connectivity index is 1.54. The molecule has 1 fully saturated rings. The Bertz CT molecular complexity index is 741. The highest BCUT2D eigenvalue weighted by Gasteiger charge is 2.30. The molecule has 1 heterocycles. The molecule has 1 aliphatic rings. The summed E-state index contributed by atoms with van der Waals surface area (Å²) in [6.45, 7) is 0. The number of halogens is 3. The first-order chi connectivity index (χ1) is 12.4. The van der Waals surface area contributed by atoms with Gasteiger partial charge in [0.1, 0.15) is 0 Å². The van der Waals surface area contributed by atoms with Crippen LogP contribution in [0.3, 0.4) is 0 Å². The minimum Gasteiger partial charge on any atom is -0.325 e. The Labute approximate surface area is 152 Å². The van der Waals surface area contributed by atoms with Gasteiger partial charge in [0, 0.05) is 5.69 Å². The van der Waals surface area contributed by atoms with E-state index in [0.29, 0.717) is 10.8 Å². The SMILES string of the molecule is O=C(CSc1nnnn1C1CCCCC1)Nc1ccc(C(F)(F)F)cc1. The average molecular weight is 385 g/mol. The van der Waals surface area contributed by atoms with Crippen molar-refractivity contribution in [1.82, 2.24) is 20.2 Å². The third-order valence-electron chi connectivity index (χ3n) is 4.21. The van der Waals surface area contributed by atoms with Gasteiger partial charge in [-0.1, -0.05) is 31.0 Å². The largest absolute Gasteiger partial charge is 0.416 e. The van der Waals surface area contributed by atoms with Crippen LogP contribution in [0, 0.1) is 0 Å². The summed E-state index contributed by atoms with van der Waals surface area (Å²) in [5.41, 5.74) is -0.438. The van der Waals surface area contributed by atoms with Crippen LogP contribution < -0.4 is 5.32 Å². The summed E-state index contributed by atoms with van der Waals surface area (Å²) in [7, 11) is 0. The number of hydrogen-bond donors (Lipinski definition) is 1. The van der Waals surface area contributed by atoms with Crippen LogP contribution in [0.2, 0.25) is 0 Å². The number of carbonyl (C=O) groups is 1. The lowest BCUT2D eigenvalue weighted by Gasteiger charge is -2.21. The Hall–Kier alpha value is -2.10. The van der Waals surface area contributed by atoms with Crippen LogP contribution in [-0.2, 0) is 11.0 Å². The summed E-state index contributed by atoms with van der Waals surface area (Å²) in [5.74, 6) is -0.248. The molecule has 140 valence electrons. The maximum Gasteiger partial charge on any atom is 0.416 e. The molecule has 0 atom stereocenters. The van der Waals surface area contributed by atoms with Gasteiger partial charge in [-0.15, -0.1) is 5.10 Å². The average Bonchev–Trinajstić information content (AvgIpc) is 3.09. The second-order valence-corrected chi connectivity index (χ2v) is 7.05. The Kier molecular flexibility index (Phi) is 5.80. The summed E-state index contributed by atoms with van der Waals surface area (Å²) in [6, 6.07) is 4.60. The molecule has 0 bridgehead atoms. The van der Waals surface area contributed by atoms with Crippen LogP contribution in [-0.4, -0.2) is 31.9 Å². The van der Waals surface area contributed by atoms with Crippen molar-refractivity contribution < 1.29 is 18.0 Å². The highest BCUT2D eigenvalue weighted by atomic mass is 32.2. The topological polar surface area (TPSA) is 72.7 Å². The third-order valence-corrected chi connectivity index (χ3v) is 5.14. The standard InChI is InChI=1S/C16H18F3N5OS/c17-16(18,19)11-6-8-12(9-7-11)20-14(25)10-26-15-21-22-23-24(15)13-4-2-1-3-5-13/h6-9,13H,1-5,10H2,(H,20,25). The van der Waals surface area contributed by atoms with E-state index in [9.17, 15) is 18.0 Å². The molecule has 0 saturated heterocycles. The van der Waals surface area contributed by atoms with Gasteiger partial charge in [0.25, 0.3) is 0 Å². The third kappa shape index (κ3) is 4.75. The number of thioether (sulfide) groups is 1. The fraction of sp³-hybridized carbons (Fsp3) is 0.500. The van der Waals surface area contributed by atoms with Gasteiger partial charge in [-0.2, -0.15) is 13.2 Å². The molecule has 10 heteroatoms. The number of amides is 1. The van der Waals surface area contributed by atoms with Crippen molar-refractivity contribution in [2.75, 3.05) is 11.1 Å². The molecule has 0 spiro atoms. The first-order valence-electron chi connectivity index (χ1n) is 8.31. The van der Waals surface area contributed by atoms with Crippen LogP contribution in [0.1, 0.15) is 43.7 Å². The van der Waals surface area contributed by atoms with Crippen LogP contribution in [0.15, 0.2) is 29.4 Å². The van der Waals surface area contributed by atoms with E-state index in [-0.39, 0.29) is 17.7 Å².